The van der Waals surface area contributed by atoms with Crippen LogP contribution in [0.2, 0.25) is 0 Å². The average molecular weight is 364 g/mol. The molecule has 0 amide bonds. The maximum Gasteiger partial charge on any atom is 0.202 e. The zero-order chi connectivity index (χ0) is 18.7. The standard InChI is InChI=1S/C19H28N2O5/c1-3-21(2)8-7-12-10-20-13-5-4-6-15(18(12)13)25-17-9-14(23)19(24)16(11-22)26-17/h4-6,10,14,16-17,19-20,22-24H,3,7-9,11H2,1-2H3/t14-,16-,17+,19+/m1/s1. The van der Waals surface area contributed by atoms with Crippen molar-refractivity contribution in [3.8, 4) is 5.75 Å². The maximum absolute atomic E-state index is 10.00. The van der Waals surface area contributed by atoms with Crippen LogP contribution in [-0.4, -0.2) is 76.5 Å². The predicted molar refractivity (Wildman–Crippen MR) is 98.2 cm³/mol. The molecule has 1 aromatic carbocycles. The van der Waals surface area contributed by atoms with E-state index in [0.717, 1.165) is 36.0 Å². The maximum atomic E-state index is 10.00. The van der Waals surface area contributed by atoms with Crippen LogP contribution in [0.1, 0.15) is 18.9 Å². The number of nitrogens with one attached hydrogen (secondary N) is 1. The molecule has 7 nitrogen and oxygen atoms in total. The SMILES string of the molecule is CCN(C)CCc1c[nH]c2cccc(O[C@@H]3C[C@@H](O)[C@H](O)[C@@H](CO)O3)c12. The number of H-pyrrole nitrogens is 1. The molecule has 0 saturated carbocycles. The largest absolute Gasteiger partial charge is 0.464 e. The van der Waals surface area contributed by atoms with Crippen LogP contribution in [-0.2, 0) is 11.2 Å². The first-order valence-corrected chi connectivity index (χ1v) is 9.10. The molecule has 2 heterocycles. The quantitative estimate of drug-likeness (QED) is 0.582. The molecule has 3 rings (SSSR count). The molecule has 144 valence electrons. The van der Waals surface area contributed by atoms with Gasteiger partial charge >= 0.3 is 0 Å². The van der Waals surface area contributed by atoms with E-state index in [1.807, 2.05) is 24.4 Å². The fourth-order valence-corrected chi connectivity index (χ4v) is 3.27. The number of aromatic nitrogens is 1. The van der Waals surface area contributed by atoms with E-state index in [9.17, 15) is 15.3 Å². The second-order valence-corrected chi connectivity index (χ2v) is 6.84. The highest BCUT2D eigenvalue weighted by Crippen LogP contribution is 2.32. The lowest BCUT2D eigenvalue weighted by Crippen LogP contribution is -2.51. The number of hydrogen-bond donors (Lipinski definition) is 4. The number of hydrogen-bond acceptors (Lipinski definition) is 6. The Labute approximate surface area is 153 Å². The molecule has 1 fully saturated rings. The predicted octanol–water partition coefficient (Wildman–Crippen LogP) is 0.870. The summed E-state index contributed by atoms with van der Waals surface area (Å²) in [6.07, 6.45) is -0.651. The zero-order valence-corrected chi connectivity index (χ0v) is 15.3. The number of ether oxygens (including phenoxy) is 2. The van der Waals surface area contributed by atoms with Crippen molar-refractivity contribution in [3.63, 3.8) is 0 Å². The van der Waals surface area contributed by atoms with Crippen molar-refractivity contribution in [1.82, 2.24) is 9.88 Å². The highest BCUT2D eigenvalue weighted by Gasteiger charge is 2.37. The van der Waals surface area contributed by atoms with Crippen LogP contribution in [0.3, 0.4) is 0 Å². The molecule has 0 radical (unpaired) electrons. The fraction of sp³-hybridized carbons (Fsp3) is 0.579. The molecule has 2 aromatic rings. The van der Waals surface area contributed by atoms with Gasteiger partial charge in [-0.15, -0.1) is 0 Å². The molecule has 0 aliphatic carbocycles. The van der Waals surface area contributed by atoms with Crippen LogP contribution in [0, 0.1) is 0 Å². The Morgan fingerprint density at radius 3 is 2.88 bits per heavy atom. The minimum atomic E-state index is -1.11. The Bertz CT molecular complexity index is 719. The molecule has 1 saturated heterocycles. The monoisotopic (exact) mass is 364 g/mol. The molecule has 0 unspecified atom stereocenters. The van der Waals surface area contributed by atoms with Gasteiger partial charge in [0.2, 0.25) is 6.29 Å². The molecule has 1 aliphatic rings. The van der Waals surface area contributed by atoms with E-state index < -0.39 is 24.6 Å². The van der Waals surface area contributed by atoms with Crippen molar-refractivity contribution in [3.05, 3.63) is 30.0 Å². The lowest BCUT2D eigenvalue weighted by molar-refractivity contribution is -0.229. The minimum Gasteiger partial charge on any atom is -0.464 e. The van der Waals surface area contributed by atoms with Crippen molar-refractivity contribution in [2.45, 2.75) is 44.4 Å². The molecule has 7 heteroatoms. The van der Waals surface area contributed by atoms with Gasteiger partial charge < -0.3 is 34.7 Å². The fourth-order valence-electron chi connectivity index (χ4n) is 3.27. The topological polar surface area (TPSA) is 98.2 Å². The molecular formula is C19H28N2O5. The molecule has 4 N–H and O–H groups in total. The summed E-state index contributed by atoms with van der Waals surface area (Å²) in [7, 11) is 2.09. The lowest BCUT2D eigenvalue weighted by atomic mass is 10.0. The van der Waals surface area contributed by atoms with Crippen LogP contribution in [0.4, 0.5) is 0 Å². The van der Waals surface area contributed by atoms with Crippen LogP contribution in [0.15, 0.2) is 24.4 Å². The number of nitrogens with zero attached hydrogens (tertiary/aromatic N) is 1. The summed E-state index contributed by atoms with van der Waals surface area (Å²) in [5.41, 5.74) is 2.14. The van der Waals surface area contributed by atoms with Crippen LogP contribution >= 0.6 is 0 Å². The van der Waals surface area contributed by atoms with Crippen molar-refractivity contribution in [1.29, 1.82) is 0 Å². The van der Waals surface area contributed by atoms with E-state index in [4.69, 9.17) is 9.47 Å². The van der Waals surface area contributed by atoms with Gasteiger partial charge in [-0.1, -0.05) is 13.0 Å². The van der Waals surface area contributed by atoms with Gasteiger partial charge in [0.25, 0.3) is 0 Å². The lowest BCUT2D eigenvalue weighted by Gasteiger charge is -2.36. The van der Waals surface area contributed by atoms with E-state index in [2.05, 4.69) is 23.9 Å². The van der Waals surface area contributed by atoms with Crippen molar-refractivity contribution in [2.24, 2.45) is 0 Å². The van der Waals surface area contributed by atoms with E-state index in [1.165, 1.54) is 0 Å². The van der Waals surface area contributed by atoms with Gasteiger partial charge in [-0.25, -0.2) is 0 Å². The zero-order valence-electron chi connectivity index (χ0n) is 15.3. The third kappa shape index (κ3) is 4.02. The summed E-state index contributed by atoms with van der Waals surface area (Å²) < 4.78 is 11.6. The van der Waals surface area contributed by atoms with E-state index in [0.29, 0.717) is 5.75 Å². The Morgan fingerprint density at radius 2 is 2.15 bits per heavy atom. The van der Waals surface area contributed by atoms with Crippen LogP contribution in [0.5, 0.6) is 5.75 Å². The third-order valence-electron chi connectivity index (χ3n) is 5.03. The van der Waals surface area contributed by atoms with Gasteiger partial charge in [-0.3, -0.25) is 0 Å². The smallest absolute Gasteiger partial charge is 0.202 e. The number of fused-ring (bicyclic) bond motifs is 1. The van der Waals surface area contributed by atoms with Gasteiger partial charge in [0.15, 0.2) is 0 Å². The Hall–Kier alpha value is -1.64. The molecule has 4 atom stereocenters. The van der Waals surface area contributed by atoms with Crippen LogP contribution < -0.4 is 4.74 Å². The van der Waals surface area contributed by atoms with E-state index >= 15 is 0 Å². The third-order valence-corrected chi connectivity index (χ3v) is 5.03. The van der Waals surface area contributed by atoms with Gasteiger partial charge in [-0.05, 0) is 37.7 Å². The van der Waals surface area contributed by atoms with Gasteiger partial charge in [0, 0.05) is 30.1 Å². The highest BCUT2D eigenvalue weighted by atomic mass is 16.7. The first kappa shape index (κ1) is 19.1. The van der Waals surface area contributed by atoms with Crippen molar-refractivity contribution >= 4 is 10.9 Å². The normalized spacial score (nSPS) is 26.5. The Balaban J connectivity index is 1.80. The van der Waals surface area contributed by atoms with E-state index in [-0.39, 0.29) is 13.0 Å². The minimum absolute atomic E-state index is 0.145. The molecule has 26 heavy (non-hydrogen) atoms. The Kier molecular flexibility index (Phi) is 6.16. The number of likely N-dealkylation sites (N-methyl/N-ethyl adjacent to an activating group) is 1. The summed E-state index contributed by atoms with van der Waals surface area (Å²) in [6.45, 7) is 3.68. The second-order valence-electron chi connectivity index (χ2n) is 6.84. The van der Waals surface area contributed by atoms with Crippen molar-refractivity contribution in [2.75, 3.05) is 26.7 Å². The van der Waals surface area contributed by atoms with Gasteiger partial charge in [0.1, 0.15) is 18.0 Å². The summed E-state index contributed by atoms with van der Waals surface area (Å²) in [4.78, 5) is 5.52. The molecule has 1 aromatic heterocycles. The number of benzene rings is 1. The second kappa shape index (κ2) is 8.37. The van der Waals surface area contributed by atoms with Crippen LogP contribution in [0.25, 0.3) is 10.9 Å². The average Bonchev–Trinajstić information content (AvgIpc) is 3.06. The number of aliphatic hydroxyl groups is 3. The van der Waals surface area contributed by atoms with Crippen molar-refractivity contribution < 1.29 is 24.8 Å². The molecule has 1 aliphatic heterocycles. The highest BCUT2D eigenvalue weighted by molar-refractivity contribution is 5.89. The van der Waals surface area contributed by atoms with E-state index in [1.54, 1.807) is 0 Å². The molecule has 0 bridgehead atoms. The molecule has 0 spiro atoms. The molecular weight excluding hydrogens is 336 g/mol. The summed E-state index contributed by atoms with van der Waals surface area (Å²) in [6, 6.07) is 5.76. The first-order chi connectivity index (χ1) is 12.5. The Morgan fingerprint density at radius 1 is 1.35 bits per heavy atom. The first-order valence-electron chi connectivity index (χ1n) is 9.10. The summed E-state index contributed by atoms with van der Waals surface area (Å²) >= 11 is 0. The van der Waals surface area contributed by atoms with Gasteiger partial charge in [-0.2, -0.15) is 0 Å². The summed E-state index contributed by atoms with van der Waals surface area (Å²) in [5.74, 6) is 0.670. The number of aromatic amines is 1. The van der Waals surface area contributed by atoms with Gasteiger partial charge in [0.05, 0.1) is 12.7 Å². The summed E-state index contributed by atoms with van der Waals surface area (Å²) in [5, 5.41) is 30.2. The number of aliphatic hydroxyl groups excluding tert-OH is 3. The number of rotatable bonds is 7.